The molecule has 0 radical (unpaired) electrons. The van der Waals surface area contributed by atoms with Crippen molar-refractivity contribution in [2.75, 3.05) is 26.2 Å². The van der Waals surface area contributed by atoms with Crippen molar-refractivity contribution in [1.82, 2.24) is 4.90 Å². The molecule has 4 nitrogen and oxygen atoms in total. The Balaban J connectivity index is 0.00000272. The molecule has 2 aromatic rings. The highest BCUT2D eigenvalue weighted by atomic mass is 35.5. The number of hydrogen-bond donors (Lipinski definition) is 1. The van der Waals surface area contributed by atoms with Crippen molar-refractivity contribution in [2.24, 2.45) is 0 Å². The molecular weight excluding hydrogens is 433 g/mol. The Morgan fingerprint density at radius 2 is 1.97 bits per heavy atom. The summed E-state index contributed by atoms with van der Waals surface area (Å²) < 4.78 is 6.11. The highest BCUT2D eigenvalue weighted by Gasteiger charge is 2.42. The maximum absolute atomic E-state index is 10.8. The zero-order valence-corrected chi connectivity index (χ0v) is 19.3. The second-order valence-electron chi connectivity index (χ2n) is 8.35. The molecule has 1 fully saturated rings. The molecule has 0 amide bonds. The second-order valence-corrected chi connectivity index (χ2v) is 8.76. The Kier molecular flexibility index (Phi) is 7.68. The largest absolute Gasteiger partial charge is 0.492 e. The lowest BCUT2D eigenvalue weighted by Crippen LogP contribution is -2.44. The third kappa shape index (κ3) is 5.25. The highest BCUT2D eigenvalue weighted by Crippen LogP contribution is 2.46. The predicted molar refractivity (Wildman–Crippen MR) is 129 cm³/mol. The SMILES string of the molecule is CCc1ccc(Cl)c(C=Cc2ccc3c(c2)OCC32CCN(CCC(=O)O)CC2)c1.Cl. The summed E-state index contributed by atoms with van der Waals surface area (Å²) in [4.78, 5) is 13.1. The standard InChI is InChI=1S/C25H28ClNO3.ClH/c1-2-18-5-8-22(26)20(15-18)6-3-19-4-7-21-23(16-19)30-17-25(21)10-13-27(14-11-25)12-9-24(28)29;/h3-8,15-16H,2,9-14,17H2,1H3,(H,28,29);1H. The van der Waals surface area contributed by atoms with Crippen molar-refractivity contribution in [1.29, 1.82) is 0 Å². The van der Waals surface area contributed by atoms with Gasteiger partial charge < -0.3 is 14.7 Å². The van der Waals surface area contributed by atoms with E-state index in [0.717, 1.165) is 54.3 Å². The molecule has 1 N–H and O–H groups in total. The molecule has 0 saturated carbocycles. The van der Waals surface area contributed by atoms with Gasteiger partial charge in [0.1, 0.15) is 5.75 Å². The van der Waals surface area contributed by atoms with E-state index in [1.165, 1.54) is 11.1 Å². The van der Waals surface area contributed by atoms with Crippen LogP contribution in [0.1, 0.15) is 48.4 Å². The number of ether oxygens (including phenoxy) is 1. The predicted octanol–water partition coefficient (Wildman–Crippen LogP) is 5.70. The molecule has 2 aromatic carbocycles. The summed E-state index contributed by atoms with van der Waals surface area (Å²) in [6.45, 7) is 5.33. The van der Waals surface area contributed by atoms with Crippen LogP contribution in [0.3, 0.4) is 0 Å². The number of carboxylic acids is 1. The minimum Gasteiger partial charge on any atom is -0.492 e. The van der Waals surface area contributed by atoms with Gasteiger partial charge in [-0.25, -0.2) is 0 Å². The van der Waals surface area contributed by atoms with Crippen molar-refractivity contribution in [2.45, 2.75) is 38.0 Å². The molecule has 0 aliphatic carbocycles. The number of nitrogens with zero attached hydrogens (tertiary/aromatic N) is 1. The van der Waals surface area contributed by atoms with Gasteiger partial charge in [0.05, 0.1) is 13.0 Å². The van der Waals surface area contributed by atoms with Gasteiger partial charge in [-0.15, -0.1) is 12.4 Å². The van der Waals surface area contributed by atoms with Crippen LogP contribution in [0.2, 0.25) is 5.02 Å². The fourth-order valence-corrected chi connectivity index (χ4v) is 4.67. The third-order valence-electron chi connectivity index (χ3n) is 6.46. The Morgan fingerprint density at radius 3 is 2.68 bits per heavy atom. The normalized spacial score (nSPS) is 17.4. The van der Waals surface area contributed by atoms with Gasteiger partial charge in [-0.1, -0.05) is 54.9 Å². The van der Waals surface area contributed by atoms with E-state index in [2.05, 4.69) is 54.3 Å². The van der Waals surface area contributed by atoms with Crippen molar-refractivity contribution in [3.05, 3.63) is 63.7 Å². The molecule has 1 saturated heterocycles. The molecule has 31 heavy (non-hydrogen) atoms. The van der Waals surface area contributed by atoms with Gasteiger partial charge in [-0.2, -0.15) is 0 Å². The number of fused-ring (bicyclic) bond motifs is 2. The van der Waals surface area contributed by atoms with E-state index in [1.54, 1.807) is 0 Å². The molecule has 2 aliphatic heterocycles. The fourth-order valence-electron chi connectivity index (χ4n) is 4.49. The van der Waals surface area contributed by atoms with Crippen LogP contribution >= 0.6 is 24.0 Å². The van der Waals surface area contributed by atoms with Crippen LogP contribution in [0.4, 0.5) is 0 Å². The molecule has 2 aliphatic rings. The van der Waals surface area contributed by atoms with Crippen LogP contribution in [-0.2, 0) is 16.6 Å². The molecule has 6 heteroatoms. The van der Waals surface area contributed by atoms with Crippen LogP contribution in [-0.4, -0.2) is 42.2 Å². The van der Waals surface area contributed by atoms with Crippen molar-refractivity contribution in [3.8, 4) is 5.75 Å². The number of benzene rings is 2. The number of carboxylic acid groups (broad SMARTS) is 1. The van der Waals surface area contributed by atoms with Gasteiger partial charge in [-0.3, -0.25) is 4.79 Å². The molecule has 0 bridgehead atoms. The van der Waals surface area contributed by atoms with E-state index in [9.17, 15) is 4.79 Å². The maximum atomic E-state index is 10.8. The molecule has 166 valence electrons. The van der Waals surface area contributed by atoms with Gasteiger partial charge in [0, 0.05) is 22.5 Å². The zero-order chi connectivity index (χ0) is 21.1. The van der Waals surface area contributed by atoms with Gasteiger partial charge in [0.25, 0.3) is 0 Å². The lowest BCUT2D eigenvalue weighted by atomic mass is 9.74. The molecular formula is C25H29Cl2NO3. The number of piperidine rings is 1. The second kappa shape index (κ2) is 10.1. The summed E-state index contributed by atoms with van der Waals surface area (Å²) in [7, 11) is 0. The molecule has 0 atom stereocenters. The highest BCUT2D eigenvalue weighted by molar-refractivity contribution is 6.32. The first-order chi connectivity index (χ1) is 14.5. The van der Waals surface area contributed by atoms with Crippen LogP contribution < -0.4 is 4.74 Å². The summed E-state index contributed by atoms with van der Waals surface area (Å²) >= 11 is 6.35. The summed E-state index contributed by atoms with van der Waals surface area (Å²) in [5.41, 5.74) is 4.76. The van der Waals surface area contributed by atoms with Gasteiger partial charge >= 0.3 is 5.97 Å². The van der Waals surface area contributed by atoms with E-state index in [1.807, 2.05) is 6.07 Å². The smallest absolute Gasteiger partial charge is 0.304 e. The maximum Gasteiger partial charge on any atom is 0.304 e. The van der Waals surface area contributed by atoms with E-state index in [-0.39, 0.29) is 24.2 Å². The first kappa shape index (κ1) is 23.6. The van der Waals surface area contributed by atoms with E-state index < -0.39 is 5.97 Å². The van der Waals surface area contributed by atoms with Crippen LogP contribution in [0, 0.1) is 0 Å². The van der Waals surface area contributed by atoms with E-state index in [0.29, 0.717) is 13.2 Å². The number of likely N-dealkylation sites (tertiary alicyclic amines) is 1. The summed E-state index contributed by atoms with van der Waals surface area (Å²) in [6.07, 6.45) is 7.36. The molecule has 4 rings (SSSR count). The number of aliphatic carboxylic acids is 1. The van der Waals surface area contributed by atoms with Gasteiger partial charge in [0.2, 0.25) is 0 Å². The summed E-state index contributed by atoms with van der Waals surface area (Å²) in [5.74, 6) is 0.248. The Morgan fingerprint density at radius 1 is 1.19 bits per heavy atom. The van der Waals surface area contributed by atoms with Crippen molar-refractivity contribution >= 4 is 42.1 Å². The number of halogens is 2. The first-order valence-electron chi connectivity index (χ1n) is 10.7. The molecule has 1 spiro atoms. The minimum absolute atomic E-state index is 0. The van der Waals surface area contributed by atoms with Crippen LogP contribution in [0.5, 0.6) is 5.75 Å². The summed E-state index contributed by atoms with van der Waals surface area (Å²) in [5, 5.41) is 9.66. The number of rotatable bonds is 6. The monoisotopic (exact) mass is 461 g/mol. The van der Waals surface area contributed by atoms with Crippen molar-refractivity contribution in [3.63, 3.8) is 0 Å². The van der Waals surface area contributed by atoms with E-state index in [4.69, 9.17) is 21.4 Å². The van der Waals surface area contributed by atoms with Crippen LogP contribution in [0.15, 0.2) is 36.4 Å². The average molecular weight is 462 g/mol. The molecule has 0 unspecified atom stereocenters. The van der Waals surface area contributed by atoms with Gasteiger partial charge in [-0.05, 0) is 61.2 Å². The van der Waals surface area contributed by atoms with Gasteiger partial charge in [0.15, 0.2) is 0 Å². The molecule has 0 aromatic heterocycles. The summed E-state index contributed by atoms with van der Waals surface area (Å²) in [6, 6.07) is 12.6. The minimum atomic E-state index is -0.729. The first-order valence-corrected chi connectivity index (χ1v) is 11.0. The fraction of sp³-hybridized carbons (Fsp3) is 0.400. The third-order valence-corrected chi connectivity index (χ3v) is 6.80. The lowest BCUT2D eigenvalue weighted by molar-refractivity contribution is -0.137. The average Bonchev–Trinajstić information content (AvgIpc) is 3.10. The zero-order valence-electron chi connectivity index (χ0n) is 17.8. The number of hydrogen-bond acceptors (Lipinski definition) is 3. The number of carbonyl (C=O) groups is 1. The number of aryl methyl sites for hydroxylation is 1. The topological polar surface area (TPSA) is 49.8 Å². The Hall–Kier alpha value is -2.01. The Labute approximate surface area is 195 Å². The quantitative estimate of drug-likeness (QED) is 0.560. The van der Waals surface area contributed by atoms with Crippen molar-refractivity contribution < 1.29 is 14.6 Å². The lowest BCUT2D eigenvalue weighted by Gasteiger charge is -2.38. The van der Waals surface area contributed by atoms with Crippen LogP contribution in [0.25, 0.3) is 12.2 Å². The van der Waals surface area contributed by atoms with E-state index >= 15 is 0 Å². The molecule has 2 heterocycles. The Bertz CT molecular complexity index is 965.